The molecule has 62 heavy (non-hydrogen) atoms. The van der Waals surface area contributed by atoms with Gasteiger partial charge in [0.05, 0.1) is 25.4 Å². The van der Waals surface area contributed by atoms with Crippen molar-refractivity contribution in [3.05, 3.63) is 48.6 Å². The summed E-state index contributed by atoms with van der Waals surface area (Å²) in [4.78, 5) is 24.5. The molecule has 0 aromatic carbocycles. The molecule has 0 aromatic heterocycles. The van der Waals surface area contributed by atoms with Crippen molar-refractivity contribution in [2.24, 2.45) is 0 Å². The van der Waals surface area contributed by atoms with Crippen molar-refractivity contribution in [1.82, 2.24) is 5.32 Å². The zero-order valence-electron chi connectivity index (χ0n) is 41.1. The van der Waals surface area contributed by atoms with Gasteiger partial charge in [-0.1, -0.05) is 217 Å². The van der Waals surface area contributed by atoms with Gasteiger partial charge in [0.2, 0.25) is 5.91 Å². The number of ether oxygens (including phenoxy) is 1. The lowest BCUT2D eigenvalue weighted by Crippen LogP contribution is -2.45. The van der Waals surface area contributed by atoms with Crippen molar-refractivity contribution in [3.63, 3.8) is 0 Å². The second kappa shape index (κ2) is 51.5. The van der Waals surface area contributed by atoms with Gasteiger partial charge in [0.1, 0.15) is 0 Å². The third kappa shape index (κ3) is 47.3. The maximum Gasteiger partial charge on any atom is 0.305 e. The number of aliphatic hydroxyl groups is 2. The van der Waals surface area contributed by atoms with Gasteiger partial charge in [-0.2, -0.15) is 0 Å². The second-order valence-electron chi connectivity index (χ2n) is 18.2. The van der Waals surface area contributed by atoms with Crippen molar-refractivity contribution < 1.29 is 24.5 Å². The van der Waals surface area contributed by atoms with Crippen LogP contribution in [0.2, 0.25) is 0 Å². The normalized spacial score (nSPS) is 13.0. The Morgan fingerprint density at radius 1 is 0.452 bits per heavy atom. The summed E-state index contributed by atoms with van der Waals surface area (Å²) in [5.41, 5.74) is 0. The number of allylic oxidation sites excluding steroid dienone is 7. The highest BCUT2D eigenvalue weighted by Gasteiger charge is 2.18. The third-order valence-electron chi connectivity index (χ3n) is 12.1. The van der Waals surface area contributed by atoms with Crippen LogP contribution in [-0.4, -0.2) is 47.4 Å². The number of carbonyl (C=O) groups is 2. The lowest BCUT2D eigenvalue weighted by Gasteiger charge is -2.19. The Labute approximate surface area is 385 Å². The summed E-state index contributed by atoms with van der Waals surface area (Å²) in [6.45, 7) is 4.82. The van der Waals surface area contributed by atoms with E-state index in [9.17, 15) is 19.8 Å². The second-order valence-corrected chi connectivity index (χ2v) is 18.2. The highest BCUT2D eigenvalue weighted by Crippen LogP contribution is 2.15. The largest absolute Gasteiger partial charge is 0.466 e. The van der Waals surface area contributed by atoms with E-state index < -0.39 is 12.1 Å². The van der Waals surface area contributed by atoms with Crippen molar-refractivity contribution in [1.29, 1.82) is 0 Å². The van der Waals surface area contributed by atoms with Crippen LogP contribution < -0.4 is 5.32 Å². The number of hydrogen-bond donors (Lipinski definition) is 3. The molecule has 0 heterocycles. The van der Waals surface area contributed by atoms with E-state index in [0.29, 0.717) is 19.4 Å². The Hall–Kier alpha value is -2.18. The van der Waals surface area contributed by atoms with Crippen molar-refractivity contribution in [2.75, 3.05) is 13.2 Å². The Balaban J connectivity index is 3.53. The minimum Gasteiger partial charge on any atom is -0.466 e. The van der Waals surface area contributed by atoms with Gasteiger partial charge in [0.25, 0.3) is 0 Å². The van der Waals surface area contributed by atoms with E-state index in [4.69, 9.17) is 4.74 Å². The maximum absolute atomic E-state index is 12.4. The molecule has 0 rings (SSSR count). The zero-order chi connectivity index (χ0) is 45.1. The first-order chi connectivity index (χ1) is 30.5. The number of aliphatic hydroxyl groups excluding tert-OH is 2. The molecule has 0 fully saturated rings. The van der Waals surface area contributed by atoms with E-state index in [1.54, 1.807) is 6.08 Å². The summed E-state index contributed by atoms with van der Waals surface area (Å²) in [6.07, 6.45) is 64.0. The number of nitrogens with one attached hydrogen (secondary N) is 1. The molecule has 0 aliphatic heterocycles. The average Bonchev–Trinajstić information content (AvgIpc) is 3.27. The van der Waals surface area contributed by atoms with E-state index in [1.165, 1.54) is 167 Å². The van der Waals surface area contributed by atoms with Crippen molar-refractivity contribution in [3.8, 4) is 0 Å². The molecule has 0 spiro atoms. The molecule has 0 saturated heterocycles. The minimum atomic E-state index is -0.862. The number of esters is 1. The number of amides is 1. The number of unbranched alkanes of at least 4 members (excludes halogenated alkanes) is 32. The van der Waals surface area contributed by atoms with Crippen LogP contribution >= 0.6 is 0 Å². The Morgan fingerprint density at radius 2 is 0.806 bits per heavy atom. The predicted octanol–water partition coefficient (Wildman–Crippen LogP) is 16.2. The molecule has 6 heteroatoms. The quantitative estimate of drug-likeness (QED) is 0.0322. The molecular weight excluding hydrogens is 767 g/mol. The average molecular weight is 870 g/mol. The van der Waals surface area contributed by atoms with Crippen LogP contribution in [0.3, 0.4) is 0 Å². The van der Waals surface area contributed by atoms with Gasteiger partial charge in [-0.3, -0.25) is 9.59 Å². The maximum atomic E-state index is 12.4. The molecule has 1 amide bonds. The summed E-state index contributed by atoms with van der Waals surface area (Å²) in [5.74, 6) is -0.122. The molecule has 0 radical (unpaired) electrons. The fourth-order valence-corrected chi connectivity index (χ4v) is 7.89. The number of carbonyl (C=O) groups excluding carboxylic acids is 2. The van der Waals surface area contributed by atoms with Crippen LogP contribution in [0, 0.1) is 0 Å². The molecule has 2 atom stereocenters. The Bertz CT molecular complexity index is 1050. The molecule has 0 aromatic rings. The third-order valence-corrected chi connectivity index (χ3v) is 12.1. The number of hydrogen-bond acceptors (Lipinski definition) is 5. The van der Waals surface area contributed by atoms with Crippen LogP contribution in [0.5, 0.6) is 0 Å². The van der Waals surface area contributed by atoms with E-state index in [1.807, 2.05) is 6.08 Å². The molecule has 362 valence electrons. The van der Waals surface area contributed by atoms with E-state index in [-0.39, 0.29) is 18.5 Å². The summed E-state index contributed by atoms with van der Waals surface area (Å²) >= 11 is 0. The summed E-state index contributed by atoms with van der Waals surface area (Å²) in [7, 11) is 0. The molecule has 6 nitrogen and oxygen atoms in total. The summed E-state index contributed by atoms with van der Waals surface area (Å²) in [5, 5.41) is 23.0. The van der Waals surface area contributed by atoms with Gasteiger partial charge >= 0.3 is 5.97 Å². The van der Waals surface area contributed by atoms with Crippen molar-refractivity contribution in [2.45, 2.75) is 283 Å². The molecule has 0 saturated carbocycles. The zero-order valence-corrected chi connectivity index (χ0v) is 41.1. The van der Waals surface area contributed by atoms with Gasteiger partial charge in [0.15, 0.2) is 0 Å². The first kappa shape index (κ1) is 59.8. The van der Waals surface area contributed by atoms with Crippen LogP contribution in [0.25, 0.3) is 0 Å². The van der Waals surface area contributed by atoms with E-state index >= 15 is 0 Å². The fourth-order valence-electron chi connectivity index (χ4n) is 7.89. The van der Waals surface area contributed by atoms with E-state index in [0.717, 1.165) is 77.0 Å². The topological polar surface area (TPSA) is 95.9 Å². The molecular formula is C56H103NO5. The molecule has 0 aliphatic carbocycles. The fraction of sp³-hybridized carbons (Fsp3) is 0.821. The first-order valence-corrected chi connectivity index (χ1v) is 26.9. The van der Waals surface area contributed by atoms with E-state index in [2.05, 4.69) is 55.6 Å². The van der Waals surface area contributed by atoms with Crippen molar-refractivity contribution >= 4 is 11.9 Å². The first-order valence-electron chi connectivity index (χ1n) is 26.9. The molecule has 0 bridgehead atoms. The predicted molar refractivity (Wildman–Crippen MR) is 269 cm³/mol. The summed E-state index contributed by atoms with van der Waals surface area (Å²) < 4.78 is 5.46. The Kier molecular flexibility index (Phi) is 49.6. The molecule has 3 N–H and O–H groups in total. The lowest BCUT2D eigenvalue weighted by atomic mass is 10.0. The molecule has 2 unspecified atom stereocenters. The molecule has 0 aliphatic rings. The van der Waals surface area contributed by atoms with Gasteiger partial charge in [0, 0.05) is 12.8 Å². The number of rotatable bonds is 49. The monoisotopic (exact) mass is 870 g/mol. The van der Waals surface area contributed by atoms with Gasteiger partial charge in [-0.15, -0.1) is 0 Å². The summed E-state index contributed by atoms with van der Waals surface area (Å²) in [6, 6.07) is -0.649. The SMILES string of the molecule is CCCCC/C=C\C/C=C\CCCCCCCCCC(=O)OCCCCCCCC/C=C\CCCCCC(=O)NC(CO)C(O)/C=C/CCCCCCCCCCCCCCC. The van der Waals surface area contributed by atoms with Gasteiger partial charge < -0.3 is 20.3 Å². The smallest absolute Gasteiger partial charge is 0.305 e. The van der Waals surface area contributed by atoms with Crippen LogP contribution in [0.15, 0.2) is 48.6 Å². The minimum absolute atomic E-state index is 0.0225. The van der Waals surface area contributed by atoms with Gasteiger partial charge in [-0.05, 0) is 89.9 Å². The van der Waals surface area contributed by atoms with Gasteiger partial charge in [-0.25, -0.2) is 0 Å². The standard InChI is InChI=1S/C56H103NO5/c1-3-5-7-9-11-13-15-17-19-20-22-26-30-34-38-42-46-50-56(61)62-51-47-43-39-35-31-27-23-25-29-33-37-41-45-49-55(60)57-53(52-58)54(59)48-44-40-36-32-28-24-21-18-16-14-12-10-8-6-4-2/h11,13,17,19,25,29,44,48,53-54,58-59H,3-10,12,14-16,18,20-24,26-28,30-43,45-47,49-52H2,1-2H3,(H,57,60)/b13-11-,19-17-,29-25-,48-44+. The van der Waals surface area contributed by atoms with Crippen LogP contribution in [-0.2, 0) is 14.3 Å². The van der Waals surface area contributed by atoms with Crippen LogP contribution in [0.1, 0.15) is 271 Å². The Morgan fingerprint density at radius 3 is 1.29 bits per heavy atom. The highest BCUT2D eigenvalue weighted by molar-refractivity contribution is 5.76. The lowest BCUT2D eigenvalue weighted by molar-refractivity contribution is -0.143. The van der Waals surface area contributed by atoms with Crippen LogP contribution in [0.4, 0.5) is 0 Å². The highest BCUT2D eigenvalue weighted by atomic mass is 16.5.